The summed E-state index contributed by atoms with van der Waals surface area (Å²) < 4.78 is 0. The fraction of sp³-hybridized carbons (Fsp3) is 0.588. The average Bonchev–Trinajstić information content (AvgIpc) is 2.41. The van der Waals surface area contributed by atoms with Crippen LogP contribution in [0.3, 0.4) is 0 Å². The van der Waals surface area contributed by atoms with Crippen LogP contribution in [0.4, 0.5) is 10.5 Å². The van der Waals surface area contributed by atoms with Crippen LogP contribution in [-0.2, 0) is 0 Å². The molecule has 4 aliphatic rings. The number of rotatable bonds is 2. The number of hydrogen-bond acceptors (Lipinski definition) is 1. The molecule has 2 amide bonds. The predicted molar refractivity (Wildman–Crippen MR) is 89.5 cm³/mol. The lowest BCUT2D eigenvalue weighted by atomic mass is 9.53. The molecule has 5 heteroatoms. The Balaban J connectivity index is 1.48. The number of hydrogen-bond donors (Lipinski definition) is 2. The van der Waals surface area contributed by atoms with Crippen LogP contribution in [0.2, 0.25) is 10.0 Å². The molecule has 4 fully saturated rings. The lowest BCUT2D eigenvalue weighted by Gasteiger charge is -2.56. The molecular weight excluding hydrogens is 319 g/mol. The highest BCUT2D eigenvalue weighted by Crippen LogP contribution is 2.55. The van der Waals surface area contributed by atoms with Crippen LogP contribution in [0.15, 0.2) is 18.2 Å². The van der Waals surface area contributed by atoms with Crippen LogP contribution < -0.4 is 10.6 Å². The normalized spacial score (nSPS) is 35.5. The molecule has 4 aliphatic carbocycles. The Morgan fingerprint density at radius 2 is 1.50 bits per heavy atom. The number of urea groups is 1. The van der Waals surface area contributed by atoms with Crippen molar-refractivity contribution >= 4 is 34.9 Å². The maximum absolute atomic E-state index is 12.5. The lowest BCUT2D eigenvalue weighted by Crippen LogP contribution is -2.60. The van der Waals surface area contributed by atoms with Crippen molar-refractivity contribution in [3.63, 3.8) is 0 Å². The zero-order chi connectivity index (χ0) is 15.3. The van der Waals surface area contributed by atoms with Crippen LogP contribution in [0, 0.1) is 17.8 Å². The second kappa shape index (κ2) is 5.31. The van der Waals surface area contributed by atoms with Gasteiger partial charge < -0.3 is 10.6 Å². The second-order valence-electron chi connectivity index (χ2n) is 7.37. The van der Waals surface area contributed by atoms with Gasteiger partial charge in [-0.15, -0.1) is 0 Å². The molecule has 0 spiro atoms. The molecule has 1 aromatic rings. The van der Waals surface area contributed by atoms with Crippen molar-refractivity contribution in [1.82, 2.24) is 5.32 Å². The number of carbonyl (C=O) groups excluding carboxylic acids is 1. The molecule has 0 atom stereocenters. The van der Waals surface area contributed by atoms with Gasteiger partial charge >= 0.3 is 6.03 Å². The molecule has 118 valence electrons. The lowest BCUT2D eigenvalue weighted by molar-refractivity contribution is -0.0127. The fourth-order valence-electron chi connectivity index (χ4n) is 5.27. The maximum atomic E-state index is 12.5. The smallest absolute Gasteiger partial charge is 0.319 e. The summed E-state index contributed by atoms with van der Waals surface area (Å²) in [5, 5.41) is 7.03. The van der Waals surface area contributed by atoms with Crippen molar-refractivity contribution < 1.29 is 4.79 Å². The molecule has 0 aromatic heterocycles. The molecule has 0 heterocycles. The third-order valence-electron chi connectivity index (χ3n) is 5.62. The van der Waals surface area contributed by atoms with Crippen LogP contribution in [0.5, 0.6) is 0 Å². The number of benzene rings is 1. The number of amides is 2. The first-order valence-corrected chi connectivity index (χ1v) is 8.82. The van der Waals surface area contributed by atoms with Crippen molar-refractivity contribution in [1.29, 1.82) is 0 Å². The van der Waals surface area contributed by atoms with Gasteiger partial charge in [-0.25, -0.2) is 4.79 Å². The molecule has 4 saturated carbocycles. The van der Waals surface area contributed by atoms with E-state index in [1.807, 2.05) is 0 Å². The number of para-hydroxylation sites is 1. The third-order valence-corrected chi connectivity index (χ3v) is 6.25. The number of anilines is 1. The van der Waals surface area contributed by atoms with E-state index in [-0.39, 0.29) is 11.6 Å². The van der Waals surface area contributed by atoms with Crippen LogP contribution >= 0.6 is 23.2 Å². The van der Waals surface area contributed by atoms with Gasteiger partial charge in [0.05, 0.1) is 15.7 Å². The van der Waals surface area contributed by atoms with Gasteiger partial charge in [0.25, 0.3) is 0 Å². The van der Waals surface area contributed by atoms with Gasteiger partial charge in [-0.3, -0.25) is 0 Å². The largest absolute Gasteiger partial charge is 0.332 e. The first-order valence-electron chi connectivity index (χ1n) is 8.06. The zero-order valence-corrected chi connectivity index (χ0v) is 13.9. The van der Waals surface area contributed by atoms with Crippen LogP contribution in [-0.4, -0.2) is 11.6 Å². The summed E-state index contributed by atoms with van der Waals surface area (Å²) in [4.78, 5) is 12.5. The molecule has 1 aromatic carbocycles. The van der Waals surface area contributed by atoms with Gasteiger partial charge in [0.1, 0.15) is 0 Å². The first kappa shape index (κ1) is 14.6. The summed E-state index contributed by atoms with van der Waals surface area (Å²) in [6.07, 6.45) is 7.46. The minimum absolute atomic E-state index is 0.00737. The summed E-state index contributed by atoms with van der Waals surface area (Å²) in [6, 6.07) is 5.05. The monoisotopic (exact) mass is 338 g/mol. The highest BCUT2D eigenvalue weighted by Gasteiger charge is 2.51. The topological polar surface area (TPSA) is 41.1 Å². The Morgan fingerprint density at radius 1 is 1.00 bits per heavy atom. The van der Waals surface area contributed by atoms with E-state index in [0.29, 0.717) is 15.7 Å². The summed E-state index contributed by atoms with van der Waals surface area (Å²) in [5.41, 5.74) is 0.486. The molecule has 22 heavy (non-hydrogen) atoms. The fourth-order valence-corrected chi connectivity index (χ4v) is 5.76. The van der Waals surface area contributed by atoms with Gasteiger partial charge in [0, 0.05) is 5.54 Å². The summed E-state index contributed by atoms with van der Waals surface area (Å²) in [6.45, 7) is 0. The Kier molecular flexibility index (Phi) is 3.54. The van der Waals surface area contributed by atoms with Gasteiger partial charge in [-0.2, -0.15) is 0 Å². The minimum atomic E-state index is -0.183. The van der Waals surface area contributed by atoms with Crippen molar-refractivity contribution in [2.45, 2.75) is 44.1 Å². The molecule has 4 bridgehead atoms. The average molecular weight is 339 g/mol. The Hall–Kier alpha value is -0.930. The molecular formula is C17H20Cl2N2O. The van der Waals surface area contributed by atoms with Gasteiger partial charge in [-0.05, 0) is 68.4 Å². The second-order valence-corrected chi connectivity index (χ2v) is 8.19. The standard InChI is InChI=1S/C17H20Cl2N2O/c18-13-2-1-3-14(19)15(13)20-16(22)21-17-7-10-4-11(8-17)6-12(5-10)9-17/h1-3,10-12H,4-9H2,(H2,20,21,22). The Labute approximate surface area is 140 Å². The van der Waals surface area contributed by atoms with Crippen LogP contribution in [0.25, 0.3) is 0 Å². The quantitative estimate of drug-likeness (QED) is 0.775. The zero-order valence-electron chi connectivity index (χ0n) is 12.4. The van der Waals surface area contributed by atoms with Crippen molar-refractivity contribution in [3.05, 3.63) is 28.2 Å². The summed E-state index contributed by atoms with van der Waals surface area (Å²) in [7, 11) is 0. The van der Waals surface area contributed by atoms with E-state index in [0.717, 1.165) is 37.0 Å². The molecule has 0 unspecified atom stereocenters. The molecule has 0 aliphatic heterocycles. The van der Waals surface area contributed by atoms with Crippen molar-refractivity contribution in [2.24, 2.45) is 17.8 Å². The van der Waals surface area contributed by atoms with Crippen LogP contribution in [0.1, 0.15) is 38.5 Å². The molecule has 0 saturated heterocycles. The van der Waals surface area contributed by atoms with E-state index in [9.17, 15) is 4.79 Å². The molecule has 3 nitrogen and oxygen atoms in total. The summed E-state index contributed by atoms with van der Waals surface area (Å²) in [5.74, 6) is 2.40. The molecule has 0 radical (unpaired) electrons. The predicted octanol–water partition coefficient (Wildman–Crippen LogP) is 5.08. The number of halogens is 2. The summed E-state index contributed by atoms with van der Waals surface area (Å²) >= 11 is 12.2. The van der Waals surface area contributed by atoms with Gasteiger partial charge in [-0.1, -0.05) is 29.3 Å². The first-order chi connectivity index (χ1) is 10.5. The maximum Gasteiger partial charge on any atom is 0.319 e. The Bertz CT molecular complexity index is 561. The van der Waals surface area contributed by atoms with Crippen molar-refractivity contribution in [3.8, 4) is 0 Å². The number of nitrogens with one attached hydrogen (secondary N) is 2. The van der Waals surface area contributed by atoms with E-state index in [1.165, 1.54) is 19.3 Å². The van der Waals surface area contributed by atoms with E-state index >= 15 is 0 Å². The van der Waals surface area contributed by atoms with E-state index in [4.69, 9.17) is 23.2 Å². The molecule has 5 rings (SSSR count). The molecule has 2 N–H and O–H groups in total. The van der Waals surface area contributed by atoms with E-state index in [2.05, 4.69) is 10.6 Å². The van der Waals surface area contributed by atoms with Gasteiger partial charge in [0.15, 0.2) is 0 Å². The third kappa shape index (κ3) is 2.59. The van der Waals surface area contributed by atoms with Crippen molar-refractivity contribution in [2.75, 3.05) is 5.32 Å². The van der Waals surface area contributed by atoms with E-state index in [1.54, 1.807) is 18.2 Å². The highest BCUT2D eigenvalue weighted by molar-refractivity contribution is 6.39. The SMILES string of the molecule is O=C(Nc1c(Cl)cccc1Cl)NC12CC3CC(CC(C3)C1)C2. The highest BCUT2D eigenvalue weighted by atomic mass is 35.5. The minimum Gasteiger partial charge on any atom is -0.332 e. The van der Waals surface area contributed by atoms with Gasteiger partial charge in [0.2, 0.25) is 0 Å². The van der Waals surface area contributed by atoms with E-state index < -0.39 is 0 Å². The Morgan fingerprint density at radius 3 is 2.00 bits per heavy atom. The number of carbonyl (C=O) groups is 1.